The van der Waals surface area contributed by atoms with E-state index in [1.54, 1.807) is 0 Å². The summed E-state index contributed by atoms with van der Waals surface area (Å²) in [7, 11) is -5.65. The summed E-state index contributed by atoms with van der Waals surface area (Å²) in [6.45, 7) is 6.89. The summed E-state index contributed by atoms with van der Waals surface area (Å²) in [5.74, 6) is -10.5. The third-order valence-electron chi connectivity index (χ3n) is 6.12. The topological polar surface area (TPSA) is 99.1 Å². The molecule has 4 aliphatic heterocycles. The molecular weight excluding hydrogens is 854 g/mol. The highest BCUT2D eigenvalue weighted by atomic mass is 35.9. The van der Waals surface area contributed by atoms with Gasteiger partial charge < -0.3 is 9.05 Å². The molecule has 6 rings (SSSR count). The fourth-order valence-electron chi connectivity index (χ4n) is 4.57. The van der Waals surface area contributed by atoms with Gasteiger partial charge in [-0.05, 0) is 115 Å². The number of hydrogen-bond donors (Lipinski definition) is 0. The predicted molar refractivity (Wildman–Crippen MR) is 198 cm³/mol. The zero-order valence-electron chi connectivity index (χ0n) is 23.0. The van der Waals surface area contributed by atoms with Gasteiger partial charge in [0.1, 0.15) is 11.5 Å². The number of halogens is 8. The van der Waals surface area contributed by atoms with Crippen molar-refractivity contribution in [3.8, 4) is 11.5 Å². The molecule has 2 aromatic rings. The van der Waals surface area contributed by atoms with E-state index in [9.17, 15) is 0 Å². The average Bonchev–Trinajstić information content (AvgIpc) is 2.86. The molecule has 0 saturated heterocycles. The van der Waals surface area contributed by atoms with Crippen LogP contribution in [0.5, 0.6) is 11.5 Å². The molecule has 24 heteroatoms. The highest BCUT2D eigenvalue weighted by Crippen LogP contribution is 2.87. The Hall–Kier alpha value is 1.66. The van der Waals surface area contributed by atoms with E-state index in [-0.39, 0.29) is 0 Å². The molecule has 0 N–H and O–H groups in total. The van der Waals surface area contributed by atoms with Gasteiger partial charge in [-0.3, -0.25) is 0 Å². The number of nitrogens with zero attached hydrogens (tertiary/aromatic N) is 8. The van der Waals surface area contributed by atoms with E-state index in [0.29, 0.717) is 13.1 Å². The Morgan fingerprint density at radius 3 is 1.23 bits per heavy atom. The Labute approximate surface area is 295 Å². The van der Waals surface area contributed by atoms with E-state index in [1.165, 1.54) is 0 Å². The van der Waals surface area contributed by atoms with E-state index in [2.05, 4.69) is 40.9 Å². The van der Waals surface area contributed by atoms with Crippen LogP contribution in [0.1, 0.15) is 37.8 Å². The van der Waals surface area contributed by atoms with E-state index >= 15 is 0 Å². The van der Waals surface area contributed by atoms with Gasteiger partial charge in [-0.2, -0.15) is 27.1 Å². The van der Waals surface area contributed by atoms with Crippen LogP contribution in [0.3, 0.4) is 0 Å². The van der Waals surface area contributed by atoms with Gasteiger partial charge in [0.25, 0.3) is 23.6 Å². The zero-order valence-corrected chi connectivity index (χ0v) is 34.4. The van der Waals surface area contributed by atoms with Crippen molar-refractivity contribution < 1.29 is 9.05 Å². The van der Waals surface area contributed by atoms with Gasteiger partial charge in [0.05, 0.1) is 0 Å². The van der Waals surface area contributed by atoms with E-state index < -0.39 is 38.8 Å². The molecule has 2 spiro atoms. The lowest BCUT2D eigenvalue weighted by atomic mass is 10.2. The first kappa shape index (κ1) is 36.9. The van der Waals surface area contributed by atoms with Crippen molar-refractivity contribution >= 4 is 129 Å². The van der Waals surface area contributed by atoms with Crippen LogP contribution in [0.15, 0.2) is 75.6 Å². The highest BCUT2D eigenvalue weighted by molar-refractivity contribution is 8.21. The normalized spacial score (nSPS) is 28.8. The number of benzene rings is 2. The second kappa shape index (κ2) is 14.1. The summed E-state index contributed by atoms with van der Waals surface area (Å²) >= 11 is 49.9. The molecule has 0 fully saturated rings. The molecular formula is C20H26Cl8N8O2P6. The Balaban J connectivity index is 0.000000175. The lowest BCUT2D eigenvalue weighted by Gasteiger charge is -2.39. The first-order chi connectivity index (χ1) is 20.5. The first-order valence-electron chi connectivity index (χ1n) is 13.0. The molecule has 0 aromatic heterocycles. The molecule has 0 unspecified atom stereocenters. The third-order valence-corrected chi connectivity index (χ3v) is 29.5. The Kier molecular flexibility index (Phi) is 11.8. The van der Waals surface area contributed by atoms with Crippen LogP contribution >= 0.6 is 129 Å². The maximum Gasteiger partial charge on any atom is 0.333 e. The monoisotopic (exact) mass is 876 g/mol. The number of rotatable bonds is 4. The van der Waals surface area contributed by atoms with Crippen LogP contribution in [0.2, 0.25) is 0 Å². The summed E-state index contributed by atoms with van der Waals surface area (Å²) < 4.78 is 42.4. The smallest absolute Gasteiger partial charge is 0.333 e. The van der Waals surface area contributed by atoms with Crippen LogP contribution in [0, 0.1) is 0 Å². The highest BCUT2D eigenvalue weighted by Gasteiger charge is 2.44. The van der Waals surface area contributed by atoms with Gasteiger partial charge in [-0.25, -0.2) is 9.34 Å². The summed E-state index contributed by atoms with van der Waals surface area (Å²) in [6.07, 6.45) is 1.81. The number of para-hydroxylation sites is 2. The van der Waals surface area contributed by atoms with Gasteiger partial charge in [0, 0.05) is 37.3 Å². The molecule has 0 bridgehead atoms. The Bertz CT molecular complexity index is 1660. The summed E-state index contributed by atoms with van der Waals surface area (Å²) in [5.41, 5.74) is 2.13. The summed E-state index contributed by atoms with van der Waals surface area (Å²) in [6, 6.07) is 15.5. The molecule has 44 heavy (non-hydrogen) atoms. The minimum atomic E-state index is -3.00. The molecule has 0 amide bonds. The van der Waals surface area contributed by atoms with Crippen molar-refractivity contribution in [2.75, 3.05) is 13.1 Å². The zero-order chi connectivity index (χ0) is 32.0. The van der Waals surface area contributed by atoms with Crippen LogP contribution in [-0.2, 0) is 13.1 Å². The second-order valence-electron chi connectivity index (χ2n) is 9.56. The minimum absolute atomic E-state index is 0.645. The predicted octanol–water partition coefficient (Wildman–Crippen LogP) is 16.2. The Morgan fingerprint density at radius 2 is 0.886 bits per heavy atom. The molecule has 4 heterocycles. The molecule has 0 aliphatic carbocycles. The molecule has 2 atom stereocenters. The van der Waals surface area contributed by atoms with Crippen LogP contribution < -0.4 is 9.05 Å². The molecule has 0 saturated carbocycles. The fourth-order valence-corrected chi connectivity index (χ4v) is 34.9. The van der Waals surface area contributed by atoms with Crippen LogP contribution in [0.4, 0.5) is 0 Å². The van der Waals surface area contributed by atoms with Crippen molar-refractivity contribution in [3.05, 3.63) is 59.7 Å². The van der Waals surface area contributed by atoms with E-state index in [4.69, 9.17) is 99.0 Å². The lowest BCUT2D eigenvalue weighted by Crippen LogP contribution is -2.27. The summed E-state index contributed by atoms with van der Waals surface area (Å²) in [5, 5.41) is 0. The van der Waals surface area contributed by atoms with Crippen molar-refractivity contribution in [2.45, 2.75) is 39.8 Å². The molecule has 10 nitrogen and oxygen atoms in total. The van der Waals surface area contributed by atoms with Gasteiger partial charge >= 0.3 is 15.2 Å². The first-order valence-corrected chi connectivity index (χ1v) is 30.1. The van der Waals surface area contributed by atoms with Crippen molar-refractivity contribution in [2.24, 2.45) is 27.1 Å². The van der Waals surface area contributed by atoms with Crippen molar-refractivity contribution in [1.29, 1.82) is 0 Å². The number of fused-ring (bicyclic) bond motifs is 2. The standard InChI is InChI=1S/2C10H13Cl4N4OP3/c2*1-2-7-18-8-9-5-3-4-6-10(9)19-22(18)16-20(11,12)15-21(13,14)17-22/h2*3-6H,2,7-8H2,1H3. The minimum Gasteiger partial charge on any atom is -0.430 e. The van der Waals surface area contributed by atoms with Crippen molar-refractivity contribution in [1.82, 2.24) is 9.34 Å². The SMILES string of the molecule is CCCN1Cc2ccccc2O[P@@]12=NP(Cl)(Cl)=NP(Cl)(Cl)=N2.CCCN1Cc2ccccc2O[P@]12=NP(Cl)(Cl)=NP(Cl)(Cl)=N2. The lowest BCUT2D eigenvalue weighted by molar-refractivity contribution is 0.367. The van der Waals surface area contributed by atoms with E-state index in [0.717, 1.165) is 48.6 Å². The maximum absolute atomic E-state index is 6.24. The average molecular weight is 880 g/mol. The Morgan fingerprint density at radius 1 is 0.545 bits per heavy atom. The quantitative estimate of drug-likeness (QED) is 0.286. The second-order valence-corrected chi connectivity index (χ2v) is 34.4. The van der Waals surface area contributed by atoms with Gasteiger partial charge in [-0.1, -0.05) is 50.2 Å². The third kappa shape index (κ3) is 8.68. The number of hydrogen-bond acceptors (Lipinski definition) is 10. The van der Waals surface area contributed by atoms with Gasteiger partial charge in [0.2, 0.25) is 0 Å². The summed E-state index contributed by atoms with van der Waals surface area (Å²) in [4.78, 5) is 0. The van der Waals surface area contributed by atoms with E-state index in [1.807, 2.05) is 57.9 Å². The molecule has 2 aromatic carbocycles. The van der Waals surface area contributed by atoms with Crippen LogP contribution in [-0.4, -0.2) is 22.4 Å². The van der Waals surface area contributed by atoms with Crippen molar-refractivity contribution in [3.63, 3.8) is 0 Å². The molecule has 244 valence electrons. The molecule has 0 radical (unpaired) electrons. The van der Waals surface area contributed by atoms with Gasteiger partial charge in [0.15, 0.2) is 0 Å². The maximum atomic E-state index is 6.24. The largest absolute Gasteiger partial charge is 0.430 e. The van der Waals surface area contributed by atoms with Crippen LogP contribution in [0.25, 0.3) is 0 Å². The molecule has 4 aliphatic rings. The fraction of sp³-hybridized carbons (Fsp3) is 0.400. The van der Waals surface area contributed by atoms with Gasteiger partial charge in [-0.15, -0.1) is 0 Å².